The normalized spacial score (nSPS) is 11.2. The average molecular weight is 224 g/mol. The molecule has 15 heavy (non-hydrogen) atoms. The molecule has 0 radical (unpaired) electrons. The Morgan fingerprint density at radius 3 is 2.33 bits per heavy atom. The van der Waals surface area contributed by atoms with Gasteiger partial charge in [-0.25, -0.2) is 13.6 Å². The van der Waals surface area contributed by atoms with Crippen LogP contribution in [0.25, 0.3) is 0 Å². The van der Waals surface area contributed by atoms with Crippen molar-refractivity contribution in [1.82, 2.24) is 0 Å². The predicted molar refractivity (Wildman–Crippen MR) is 39.6 cm³/mol. The molecule has 0 heterocycles. The van der Waals surface area contributed by atoms with E-state index < -0.39 is 29.5 Å². The number of aliphatic carboxylic acids is 1. The van der Waals surface area contributed by atoms with Crippen LogP contribution in [0, 0.1) is 11.6 Å². The maximum absolute atomic E-state index is 12.5. The highest BCUT2D eigenvalue weighted by atomic mass is 19.3. The Morgan fingerprint density at radius 2 is 1.87 bits per heavy atom. The fraction of sp³-hybridized carbons (Fsp3) is 0.125. The lowest BCUT2D eigenvalue weighted by molar-refractivity contribution is -0.210. The third-order valence-electron chi connectivity index (χ3n) is 1.39. The Labute approximate surface area is 80.9 Å². The SMILES string of the molecule is O=C(O)C(F)(F)Oc1ccc(F)c(F)c1. The van der Waals surface area contributed by atoms with Crippen molar-refractivity contribution in [2.24, 2.45) is 0 Å². The Balaban J connectivity index is 2.91. The first-order valence-corrected chi connectivity index (χ1v) is 3.58. The molecule has 0 aliphatic rings. The molecular weight excluding hydrogens is 220 g/mol. The maximum atomic E-state index is 12.5. The van der Waals surface area contributed by atoms with Crippen LogP contribution in [-0.2, 0) is 4.79 Å². The number of rotatable bonds is 3. The van der Waals surface area contributed by atoms with Crippen LogP contribution in [0.5, 0.6) is 5.75 Å². The summed E-state index contributed by atoms with van der Waals surface area (Å²) in [5, 5.41) is 7.98. The molecule has 0 atom stereocenters. The minimum atomic E-state index is -4.48. The van der Waals surface area contributed by atoms with Crippen molar-refractivity contribution in [2.45, 2.75) is 6.11 Å². The molecule has 0 bridgehead atoms. The van der Waals surface area contributed by atoms with Crippen LogP contribution in [0.2, 0.25) is 0 Å². The van der Waals surface area contributed by atoms with E-state index in [1.807, 2.05) is 0 Å². The largest absolute Gasteiger partial charge is 0.501 e. The van der Waals surface area contributed by atoms with Gasteiger partial charge in [-0.3, -0.25) is 0 Å². The number of hydrogen-bond donors (Lipinski definition) is 1. The van der Waals surface area contributed by atoms with Crippen molar-refractivity contribution in [3.63, 3.8) is 0 Å². The van der Waals surface area contributed by atoms with Gasteiger partial charge in [0.1, 0.15) is 5.75 Å². The average Bonchev–Trinajstić information content (AvgIpc) is 2.10. The van der Waals surface area contributed by atoms with Crippen LogP contribution in [0.3, 0.4) is 0 Å². The minimum absolute atomic E-state index is 0.326. The second-order valence-electron chi connectivity index (χ2n) is 2.50. The number of carboxylic acid groups (broad SMARTS) is 1. The van der Waals surface area contributed by atoms with Gasteiger partial charge < -0.3 is 9.84 Å². The van der Waals surface area contributed by atoms with E-state index in [0.717, 1.165) is 0 Å². The van der Waals surface area contributed by atoms with E-state index in [0.29, 0.717) is 18.2 Å². The summed E-state index contributed by atoms with van der Waals surface area (Å²) in [6.07, 6.45) is -4.48. The summed E-state index contributed by atoms with van der Waals surface area (Å²) in [6.45, 7) is 0. The molecule has 0 aliphatic heterocycles. The number of halogens is 4. The topological polar surface area (TPSA) is 46.5 Å². The van der Waals surface area contributed by atoms with Crippen molar-refractivity contribution >= 4 is 5.97 Å². The highest BCUT2D eigenvalue weighted by Crippen LogP contribution is 2.23. The van der Waals surface area contributed by atoms with E-state index in [1.165, 1.54) is 0 Å². The summed E-state index contributed by atoms with van der Waals surface area (Å²) in [7, 11) is 0. The lowest BCUT2D eigenvalue weighted by Gasteiger charge is -2.12. The lowest BCUT2D eigenvalue weighted by Crippen LogP contribution is -2.34. The van der Waals surface area contributed by atoms with Gasteiger partial charge in [0.2, 0.25) is 0 Å². The van der Waals surface area contributed by atoms with Crippen molar-refractivity contribution in [1.29, 1.82) is 0 Å². The molecule has 7 heteroatoms. The zero-order chi connectivity index (χ0) is 11.6. The molecule has 0 spiro atoms. The van der Waals surface area contributed by atoms with Gasteiger partial charge in [0.05, 0.1) is 0 Å². The smallest absolute Gasteiger partial charge is 0.474 e. The molecule has 0 aromatic heterocycles. The van der Waals surface area contributed by atoms with Crippen LogP contribution in [0.1, 0.15) is 0 Å². The third kappa shape index (κ3) is 2.58. The monoisotopic (exact) mass is 224 g/mol. The number of carbonyl (C=O) groups is 1. The Bertz CT molecular complexity index is 391. The zero-order valence-electron chi connectivity index (χ0n) is 7.01. The molecule has 0 saturated heterocycles. The lowest BCUT2D eigenvalue weighted by atomic mass is 10.3. The second kappa shape index (κ2) is 3.76. The first-order chi connectivity index (χ1) is 6.83. The van der Waals surface area contributed by atoms with E-state index in [1.54, 1.807) is 0 Å². The van der Waals surface area contributed by atoms with Crippen LogP contribution < -0.4 is 4.74 Å². The van der Waals surface area contributed by atoms with E-state index in [9.17, 15) is 22.4 Å². The van der Waals surface area contributed by atoms with E-state index in [4.69, 9.17) is 5.11 Å². The van der Waals surface area contributed by atoms with Crippen LogP contribution in [0.4, 0.5) is 17.6 Å². The van der Waals surface area contributed by atoms with Crippen LogP contribution in [-0.4, -0.2) is 17.2 Å². The second-order valence-corrected chi connectivity index (χ2v) is 2.50. The minimum Gasteiger partial charge on any atom is -0.474 e. The van der Waals surface area contributed by atoms with Crippen molar-refractivity contribution in [3.8, 4) is 5.75 Å². The summed E-state index contributed by atoms with van der Waals surface area (Å²) in [5.41, 5.74) is 0. The summed E-state index contributed by atoms with van der Waals surface area (Å²) < 4.78 is 53.4. The van der Waals surface area contributed by atoms with Crippen LogP contribution in [0.15, 0.2) is 18.2 Å². The Morgan fingerprint density at radius 1 is 1.27 bits per heavy atom. The van der Waals surface area contributed by atoms with Crippen molar-refractivity contribution < 1.29 is 32.2 Å². The predicted octanol–water partition coefficient (Wildman–Crippen LogP) is 2.02. The molecule has 1 rings (SSSR count). The molecule has 1 N–H and O–H groups in total. The molecule has 1 aromatic rings. The van der Waals surface area contributed by atoms with Gasteiger partial charge in [0, 0.05) is 6.07 Å². The number of benzene rings is 1. The summed E-state index contributed by atoms with van der Waals surface area (Å²) in [4.78, 5) is 9.93. The van der Waals surface area contributed by atoms with E-state index >= 15 is 0 Å². The van der Waals surface area contributed by atoms with Gasteiger partial charge in [-0.1, -0.05) is 0 Å². The summed E-state index contributed by atoms with van der Waals surface area (Å²) >= 11 is 0. The molecule has 1 aromatic carbocycles. The fourth-order valence-corrected chi connectivity index (χ4v) is 0.732. The van der Waals surface area contributed by atoms with E-state index in [-0.39, 0.29) is 0 Å². The third-order valence-corrected chi connectivity index (χ3v) is 1.39. The molecule has 82 valence electrons. The van der Waals surface area contributed by atoms with Crippen molar-refractivity contribution in [3.05, 3.63) is 29.8 Å². The van der Waals surface area contributed by atoms with Gasteiger partial charge in [-0.05, 0) is 12.1 Å². The first-order valence-electron chi connectivity index (χ1n) is 3.58. The zero-order valence-corrected chi connectivity index (χ0v) is 7.01. The van der Waals surface area contributed by atoms with Gasteiger partial charge in [0.25, 0.3) is 0 Å². The van der Waals surface area contributed by atoms with E-state index in [2.05, 4.69) is 4.74 Å². The standard InChI is InChI=1S/C8H4F4O3/c9-5-2-1-4(3-6(5)10)15-8(11,12)7(13)14/h1-3H,(H,13,14). The van der Waals surface area contributed by atoms with Crippen LogP contribution >= 0.6 is 0 Å². The maximum Gasteiger partial charge on any atom is 0.501 e. The quantitative estimate of drug-likeness (QED) is 0.799. The van der Waals surface area contributed by atoms with Crippen molar-refractivity contribution in [2.75, 3.05) is 0 Å². The number of carboxylic acids is 1. The fourth-order valence-electron chi connectivity index (χ4n) is 0.732. The Kier molecular flexibility index (Phi) is 2.83. The van der Waals surface area contributed by atoms with Gasteiger partial charge >= 0.3 is 12.1 Å². The molecule has 0 unspecified atom stereocenters. The molecule has 0 saturated carbocycles. The number of hydrogen-bond acceptors (Lipinski definition) is 2. The highest BCUT2D eigenvalue weighted by Gasteiger charge is 2.42. The Hall–Kier alpha value is -1.79. The summed E-state index contributed by atoms with van der Waals surface area (Å²) in [6, 6.07) is 1.56. The summed E-state index contributed by atoms with van der Waals surface area (Å²) in [5.74, 6) is -5.96. The number of alkyl halides is 2. The number of ether oxygens (including phenoxy) is 1. The van der Waals surface area contributed by atoms with Gasteiger partial charge in [-0.2, -0.15) is 8.78 Å². The molecule has 3 nitrogen and oxygen atoms in total. The highest BCUT2D eigenvalue weighted by molar-refractivity contribution is 5.73. The van der Waals surface area contributed by atoms with Gasteiger partial charge in [-0.15, -0.1) is 0 Å². The molecule has 0 aliphatic carbocycles. The van der Waals surface area contributed by atoms with Gasteiger partial charge in [0.15, 0.2) is 11.6 Å². The molecular formula is C8H4F4O3. The molecule has 0 amide bonds. The first kappa shape index (κ1) is 11.3. The molecule has 0 fully saturated rings.